The summed E-state index contributed by atoms with van der Waals surface area (Å²) in [5.41, 5.74) is -0.115. The third-order valence-corrected chi connectivity index (χ3v) is 3.79. The predicted molar refractivity (Wildman–Crippen MR) is 88.1 cm³/mol. The molecule has 1 heterocycles. The summed E-state index contributed by atoms with van der Waals surface area (Å²) >= 11 is 0. The molecule has 2 aromatic carbocycles. The maximum atomic E-state index is 13.0. The van der Waals surface area contributed by atoms with Crippen LogP contribution in [0.3, 0.4) is 0 Å². The lowest BCUT2D eigenvalue weighted by Crippen LogP contribution is -2.24. The topological polar surface area (TPSA) is 59.8 Å². The van der Waals surface area contributed by atoms with E-state index in [1.54, 1.807) is 12.1 Å². The minimum absolute atomic E-state index is 0.0263. The zero-order valence-corrected chi connectivity index (χ0v) is 13.9. The van der Waals surface area contributed by atoms with E-state index < -0.39 is 17.6 Å². The van der Waals surface area contributed by atoms with Gasteiger partial charge in [0.25, 0.3) is 5.91 Å². The summed E-state index contributed by atoms with van der Waals surface area (Å²) in [5, 5.41) is 9.92. The summed E-state index contributed by atoms with van der Waals surface area (Å²) in [6.45, 7) is -0.0171. The summed E-state index contributed by atoms with van der Waals surface area (Å²) < 4.78 is 53.2. The molecule has 0 saturated carbocycles. The molecule has 1 N–H and O–H groups in total. The van der Waals surface area contributed by atoms with Gasteiger partial charge in [0.15, 0.2) is 5.69 Å². The van der Waals surface area contributed by atoms with Crippen molar-refractivity contribution >= 4 is 5.91 Å². The standard InChI is InChI=1S/C18H14F4N4O/c19-14-7-5-12(6-8-14)10-26-11-16(24-25-26)17(27)23-9-13-3-1-2-4-15(13)18(20,21)22/h1-8,11H,9-10H2,(H,23,27). The molecule has 140 valence electrons. The van der Waals surface area contributed by atoms with Crippen molar-refractivity contribution in [2.45, 2.75) is 19.3 Å². The Morgan fingerprint density at radius 2 is 1.78 bits per heavy atom. The van der Waals surface area contributed by atoms with Crippen LogP contribution >= 0.6 is 0 Å². The van der Waals surface area contributed by atoms with Crippen LogP contribution in [0, 0.1) is 5.82 Å². The highest BCUT2D eigenvalue weighted by molar-refractivity contribution is 5.91. The van der Waals surface area contributed by atoms with Gasteiger partial charge in [-0.1, -0.05) is 35.5 Å². The van der Waals surface area contributed by atoms with Crippen molar-refractivity contribution in [1.82, 2.24) is 20.3 Å². The number of benzene rings is 2. The first-order valence-corrected chi connectivity index (χ1v) is 7.91. The van der Waals surface area contributed by atoms with Crippen LogP contribution in [0.2, 0.25) is 0 Å². The van der Waals surface area contributed by atoms with Crippen LogP contribution < -0.4 is 5.32 Å². The van der Waals surface area contributed by atoms with Crippen LogP contribution in [-0.2, 0) is 19.3 Å². The summed E-state index contributed by atoms with van der Waals surface area (Å²) in [6.07, 6.45) is -3.13. The number of aromatic nitrogens is 3. The van der Waals surface area contributed by atoms with Gasteiger partial charge in [0.05, 0.1) is 18.3 Å². The van der Waals surface area contributed by atoms with Gasteiger partial charge in [-0.25, -0.2) is 9.07 Å². The van der Waals surface area contributed by atoms with Gasteiger partial charge in [-0.3, -0.25) is 4.79 Å². The fourth-order valence-electron chi connectivity index (χ4n) is 2.47. The molecule has 0 saturated heterocycles. The van der Waals surface area contributed by atoms with Gasteiger partial charge >= 0.3 is 6.18 Å². The molecule has 1 amide bonds. The Bertz CT molecular complexity index is 935. The molecule has 9 heteroatoms. The smallest absolute Gasteiger partial charge is 0.346 e. The molecule has 0 unspecified atom stereocenters. The first-order valence-electron chi connectivity index (χ1n) is 7.91. The number of alkyl halides is 3. The Morgan fingerprint density at radius 3 is 2.48 bits per heavy atom. The number of rotatable bonds is 5. The summed E-state index contributed by atoms with van der Waals surface area (Å²) in [4.78, 5) is 12.1. The van der Waals surface area contributed by atoms with Gasteiger partial charge in [0.2, 0.25) is 0 Å². The van der Waals surface area contributed by atoms with Gasteiger partial charge in [-0.15, -0.1) is 5.10 Å². The highest BCUT2D eigenvalue weighted by atomic mass is 19.4. The Morgan fingerprint density at radius 1 is 1.07 bits per heavy atom. The fraction of sp³-hybridized carbons (Fsp3) is 0.167. The molecule has 1 aromatic heterocycles. The molecule has 27 heavy (non-hydrogen) atoms. The van der Waals surface area contributed by atoms with Crippen LogP contribution in [0.25, 0.3) is 0 Å². The van der Waals surface area contributed by atoms with Gasteiger partial charge in [-0.05, 0) is 29.3 Å². The van der Waals surface area contributed by atoms with Crippen LogP contribution in [0.15, 0.2) is 54.7 Å². The quantitative estimate of drug-likeness (QED) is 0.692. The molecule has 0 fully saturated rings. The lowest BCUT2D eigenvalue weighted by molar-refractivity contribution is -0.138. The van der Waals surface area contributed by atoms with Crippen LogP contribution in [0.1, 0.15) is 27.2 Å². The Labute approximate surface area is 151 Å². The molecule has 0 aliphatic heterocycles. The molecular formula is C18H14F4N4O. The molecule has 3 aromatic rings. The zero-order valence-electron chi connectivity index (χ0n) is 13.9. The molecule has 0 radical (unpaired) electrons. The molecular weight excluding hydrogens is 364 g/mol. The largest absolute Gasteiger partial charge is 0.416 e. The van der Waals surface area contributed by atoms with Gasteiger partial charge in [-0.2, -0.15) is 13.2 Å². The number of carbonyl (C=O) groups excluding carboxylic acids is 1. The van der Waals surface area contributed by atoms with E-state index in [1.807, 2.05) is 0 Å². The van der Waals surface area contributed by atoms with Crippen molar-refractivity contribution in [1.29, 1.82) is 0 Å². The normalized spacial score (nSPS) is 11.4. The van der Waals surface area contributed by atoms with Crippen molar-refractivity contribution in [2.24, 2.45) is 0 Å². The minimum Gasteiger partial charge on any atom is -0.346 e. The van der Waals surface area contributed by atoms with E-state index in [9.17, 15) is 22.4 Å². The van der Waals surface area contributed by atoms with E-state index in [0.717, 1.165) is 11.6 Å². The highest BCUT2D eigenvalue weighted by Gasteiger charge is 2.32. The second-order valence-corrected chi connectivity index (χ2v) is 5.77. The van der Waals surface area contributed by atoms with Gasteiger partial charge < -0.3 is 5.32 Å². The van der Waals surface area contributed by atoms with E-state index in [4.69, 9.17) is 0 Å². The van der Waals surface area contributed by atoms with E-state index >= 15 is 0 Å². The lowest BCUT2D eigenvalue weighted by Gasteiger charge is -2.12. The predicted octanol–water partition coefficient (Wildman–Crippen LogP) is 3.41. The highest BCUT2D eigenvalue weighted by Crippen LogP contribution is 2.31. The van der Waals surface area contributed by atoms with E-state index in [2.05, 4.69) is 15.6 Å². The SMILES string of the molecule is O=C(NCc1ccccc1C(F)(F)F)c1cn(Cc2ccc(F)cc2)nn1. The van der Waals surface area contributed by atoms with Gasteiger partial charge in [0, 0.05) is 6.54 Å². The number of nitrogens with zero attached hydrogens (tertiary/aromatic N) is 3. The van der Waals surface area contributed by atoms with Crippen molar-refractivity contribution < 1.29 is 22.4 Å². The molecule has 0 aliphatic carbocycles. The van der Waals surface area contributed by atoms with E-state index in [0.29, 0.717) is 0 Å². The average Bonchev–Trinajstić information content (AvgIpc) is 3.10. The monoisotopic (exact) mass is 378 g/mol. The molecule has 0 bridgehead atoms. The van der Waals surface area contributed by atoms with E-state index in [-0.39, 0.29) is 30.2 Å². The van der Waals surface area contributed by atoms with Crippen molar-refractivity contribution in [3.63, 3.8) is 0 Å². The summed E-state index contributed by atoms with van der Waals surface area (Å²) in [7, 11) is 0. The fourth-order valence-corrected chi connectivity index (χ4v) is 2.47. The molecule has 0 atom stereocenters. The molecule has 0 aliphatic rings. The summed E-state index contributed by atoms with van der Waals surface area (Å²) in [5.74, 6) is -1.01. The van der Waals surface area contributed by atoms with Crippen LogP contribution in [0.5, 0.6) is 0 Å². The summed E-state index contributed by atoms with van der Waals surface area (Å²) in [6, 6.07) is 10.8. The Balaban J connectivity index is 1.64. The van der Waals surface area contributed by atoms with Crippen LogP contribution in [-0.4, -0.2) is 20.9 Å². The number of hydrogen-bond donors (Lipinski definition) is 1. The number of nitrogens with one attached hydrogen (secondary N) is 1. The van der Waals surface area contributed by atoms with Crippen LogP contribution in [0.4, 0.5) is 17.6 Å². The average molecular weight is 378 g/mol. The molecule has 0 spiro atoms. The van der Waals surface area contributed by atoms with Crippen molar-refractivity contribution in [3.05, 3.63) is 82.9 Å². The Kier molecular flexibility index (Phi) is 5.20. The number of carbonyl (C=O) groups is 1. The minimum atomic E-state index is -4.50. The number of hydrogen-bond acceptors (Lipinski definition) is 3. The van der Waals surface area contributed by atoms with Crippen molar-refractivity contribution in [2.75, 3.05) is 0 Å². The second-order valence-electron chi connectivity index (χ2n) is 5.77. The maximum absolute atomic E-state index is 13.0. The zero-order chi connectivity index (χ0) is 19.4. The Hall–Kier alpha value is -3.23. The van der Waals surface area contributed by atoms with E-state index in [1.165, 1.54) is 41.2 Å². The third kappa shape index (κ3) is 4.69. The lowest BCUT2D eigenvalue weighted by atomic mass is 10.1. The first-order chi connectivity index (χ1) is 12.8. The first kappa shape index (κ1) is 18.6. The second kappa shape index (κ2) is 7.56. The van der Waals surface area contributed by atoms with Gasteiger partial charge in [0.1, 0.15) is 5.82 Å². The number of halogens is 4. The molecule has 3 rings (SSSR count). The molecule has 5 nitrogen and oxygen atoms in total. The van der Waals surface area contributed by atoms with Crippen molar-refractivity contribution in [3.8, 4) is 0 Å². The maximum Gasteiger partial charge on any atom is 0.416 e. The number of amides is 1. The third-order valence-electron chi connectivity index (χ3n) is 3.79.